The van der Waals surface area contributed by atoms with Gasteiger partial charge < -0.3 is 15.6 Å². The largest absolute Gasteiger partial charge is 0.349 e. The van der Waals surface area contributed by atoms with E-state index in [0.717, 1.165) is 48.1 Å². The van der Waals surface area contributed by atoms with Gasteiger partial charge in [-0.05, 0) is 37.8 Å². The van der Waals surface area contributed by atoms with E-state index in [4.69, 9.17) is 5.73 Å². The Kier molecular flexibility index (Phi) is 2.57. The minimum Gasteiger partial charge on any atom is -0.349 e. The first kappa shape index (κ1) is 11.9. The molecule has 2 aromatic rings. The van der Waals surface area contributed by atoms with Crippen molar-refractivity contribution in [3.05, 3.63) is 29.6 Å². The van der Waals surface area contributed by atoms with Crippen LogP contribution in [0.3, 0.4) is 0 Å². The van der Waals surface area contributed by atoms with E-state index >= 15 is 0 Å². The Morgan fingerprint density at radius 3 is 2.80 bits per heavy atom. The highest BCUT2D eigenvalue weighted by molar-refractivity contribution is 6.05. The van der Waals surface area contributed by atoms with Crippen molar-refractivity contribution in [3.8, 4) is 0 Å². The van der Waals surface area contributed by atoms with Crippen LogP contribution in [0.4, 0.5) is 0 Å². The number of rotatable bonds is 4. The van der Waals surface area contributed by atoms with Crippen molar-refractivity contribution in [2.24, 2.45) is 5.73 Å². The number of hydrogen-bond donors (Lipinski definition) is 2. The molecule has 2 aliphatic carbocycles. The number of nitrogens with zero attached hydrogens (tertiary/aromatic N) is 2. The quantitative estimate of drug-likeness (QED) is 0.888. The monoisotopic (exact) mass is 270 g/mol. The summed E-state index contributed by atoms with van der Waals surface area (Å²) in [4.78, 5) is 17.0. The maximum atomic E-state index is 12.4. The highest BCUT2D eigenvalue weighted by Gasteiger charge is 2.31. The molecule has 0 aliphatic heterocycles. The predicted molar refractivity (Wildman–Crippen MR) is 76.4 cm³/mol. The Balaban J connectivity index is 1.86. The van der Waals surface area contributed by atoms with Crippen molar-refractivity contribution in [2.75, 3.05) is 0 Å². The number of carbonyl (C=O) groups excluding carboxylic acids is 1. The maximum absolute atomic E-state index is 12.4. The van der Waals surface area contributed by atoms with Crippen LogP contribution < -0.4 is 11.1 Å². The number of amides is 1. The molecule has 0 spiro atoms. The van der Waals surface area contributed by atoms with Gasteiger partial charge in [-0.3, -0.25) is 4.79 Å². The Bertz CT molecular complexity index is 682. The molecule has 3 N–H and O–H groups in total. The molecule has 5 heteroatoms. The third-order valence-electron chi connectivity index (χ3n) is 4.04. The van der Waals surface area contributed by atoms with E-state index < -0.39 is 0 Å². The molecule has 0 radical (unpaired) electrons. The summed E-state index contributed by atoms with van der Waals surface area (Å²) in [5.41, 5.74) is 8.37. The van der Waals surface area contributed by atoms with Crippen LogP contribution in [0.15, 0.2) is 18.2 Å². The smallest absolute Gasteiger partial charge is 0.253 e. The zero-order valence-corrected chi connectivity index (χ0v) is 11.3. The van der Waals surface area contributed by atoms with Gasteiger partial charge in [-0.15, -0.1) is 0 Å². The number of nitrogens with one attached hydrogen (secondary N) is 1. The third-order valence-corrected chi connectivity index (χ3v) is 4.04. The average molecular weight is 270 g/mol. The highest BCUT2D eigenvalue weighted by Crippen LogP contribution is 2.39. The van der Waals surface area contributed by atoms with Crippen LogP contribution in [-0.4, -0.2) is 21.5 Å². The van der Waals surface area contributed by atoms with Gasteiger partial charge in [0.1, 0.15) is 5.82 Å². The Morgan fingerprint density at radius 2 is 2.15 bits per heavy atom. The third kappa shape index (κ3) is 1.89. The summed E-state index contributed by atoms with van der Waals surface area (Å²) >= 11 is 0. The molecule has 5 nitrogen and oxygen atoms in total. The Morgan fingerprint density at radius 1 is 1.35 bits per heavy atom. The zero-order valence-electron chi connectivity index (χ0n) is 11.3. The van der Waals surface area contributed by atoms with E-state index in [2.05, 4.69) is 14.9 Å². The summed E-state index contributed by atoms with van der Waals surface area (Å²) in [6, 6.07) is 6.58. The molecule has 0 unspecified atom stereocenters. The van der Waals surface area contributed by atoms with Gasteiger partial charge in [-0.25, -0.2) is 4.98 Å². The van der Waals surface area contributed by atoms with E-state index in [0.29, 0.717) is 18.6 Å². The van der Waals surface area contributed by atoms with Crippen molar-refractivity contribution >= 4 is 16.9 Å². The molecular formula is C15H18N4O. The fraction of sp³-hybridized carbons (Fsp3) is 0.467. The topological polar surface area (TPSA) is 72.9 Å². The fourth-order valence-corrected chi connectivity index (χ4v) is 2.74. The number of benzene rings is 1. The van der Waals surface area contributed by atoms with E-state index in [9.17, 15) is 4.79 Å². The molecule has 1 heterocycles. The summed E-state index contributed by atoms with van der Waals surface area (Å²) in [6.07, 6.45) is 4.49. The summed E-state index contributed by atoms with van der Waals surface area (Å²) in [5, 5.41) is 3.06. The molecule has 0 bridgehead atoms. The van der Waals surface area contributed by atoms with Crippen molar-refractivity contribution in [2.45, 2.75) is 44.3 Å². The van der Waals surface area contributed by atoms with Crippen molar-refractivity contribution in [1.82, 2.24) is 14.9 Å². The number of imidazole rings is 1. The number of hydrogen-bond acceptors (Lipinski definition) is 3. The molecule has 20 heavy (non-hydrogen) atoms. The molecule has 0 atom stereocenters. The first-order valence-electron chi connectivity index (χ1n) is 7.28. The standard InChI is InChI=1S/C15H18N4O/c16-8-13-18-12-3-1-2-11(15(20)17-9-4-5-9)14(12)19(13)10-6-7-10/h1-3,9-10H,4-8,16H2,(H,17,20). The molecule has 2 fully saturated rings. The lowest BCUT2D eigenvalue weighted by Gasteiger charge is -2.10. The van der Waals surface area contributed by atoms with Crippen LogP contribution in [0.2, 0.25) is 0 Å². The lowest BCUT2D eigenvalue weighted by atomic mass is 10.1. The van der Waals surface area contributed by atoms with Gasteiger partial charge in [0.2, 0.25) is 0 Å². The van der Waals surface area contributed by atoms with Gasteiger partial charge in [0.05, 0.1) is 23.1 Å². The van der Waals surface area contributed by atoms with Gasteiger partial charge in [-0.1, -0.05) is 6.07 Å². The first-order valence-corrected chi connectivity index (χ1v) is 7.28. The van der Waals surface area contributed by atoms with Crippen molar-refractivity contribution < 1.29 is 4.79 Å². The lowest BCUT2D eigenvalue weighted by molar-refractivity contribution is 0.0952. The minimum absolute atomic E-state index is 0.0171. The lowest BCUT2D eigenvalue weighted by Crippen LogP contribution is -2.26. The fourth-order valence-electron chi connectivity index (χ4n) is 2.74. The second-order valence-electron chi connectivity index (χ2n) is 5.75. The highest BCUT2D eigenvalue weighted by atomic mass is 16.1. The van der Waals surface area contributed by atoms with Crippen molar-refractivity contribution in [1.29, 1.82) is 0 Å². The second-order valence-corrected chi connectivity index (χ2v) is 5.75. The SMILES string of the molecule is NCc1nc2cccc(C(=O)NC3CC3)c2n1C1CC1. The zero-order chi connectivity index (χ0) is 13.7. The molecular weight excluding hydrogens is 252 g/mol. The van der Waals surface area contributed by atoms with E-state index in [1.165, 1.54) is 0 Å². The summed E-state index contributed by atoms with van der Waals surface area (Å²) in [6.45, 7) is 0.412. The molecule has 1 aromatic heterocycles. The second kappa shape index (κ2) is 4.31. The molecule has 2 saturated carbocycles. The number of aromatic nitrogens is 2. The molecule has 1 aromatic carbocycles. The van der Waals surface area contributed by atoms with Gasteiger partial charge >= 0.3 is 0 Å². The van der Waals surface area contributed by atoms with Gasteiger partial charge in [0.25, 0.3) is 5.91 Å². The average Bonchev–Trinajstić information content (AvgIpc) is 3.37. The van der Waals surface area contributed by atoms with Gasteiger partial charge in [-0.2, -0.15) is 0 Å². The maximum Gasteiger partial charge on any atom is 0.253 e. The number of nitrogens with two attached hydrogens (primary N) is 1. The van der Waals surface area contributed by atoms with Crippen LogP contribution in [0.25, 0.3) is 11.0 Å². The first-order chi connectivity index (χ1) is 9.78. The van der Waals surface area contributed by atoms with Crippen LogP contribution in [-0.2, 0) is 6.54 Å². The minimum atomic E-state index is 0.0171. The molecule has 1 amide bonds. The molecule has 4 rings (SSSR count). The van der Waals surface area contributed by atoms with Crippen molar-refractivity contribution in [3.63, 3.8) is 0 Å². The molecule has 0 saturated heterocycles. The summed E-state index contributed by atoms with van der Waals surface area (Å²) in [7, 11) is 0. The predicted octanol–water partition coefficient (Wildman–Crippen LogP) is 1.72. The van der Waals surface area contributed by atoms with Crippen LogP contribution in [0.5, 0.6) is 0 Å². The Labute approximate surface area is 117 Å². The molecule has 2 aliphatic rings. The van der Waals surface area contributed by atoms with Crippen LogP contribution >= 0.6 is 0 Å². The number of para-hydroxylation sites is 1. The normalized spacial score (nSPS) is 18.4. The Hall–Kier alpha value is -1.88. The summed E-state index contributed by atoms with van der Waals surface area (Å²) < 4.78 is 2.18. The van der Waals surface area contributed by atoms with Crippen LogP contribution in [0, 0.1) is 0 Å². The summed E-state index contributed by atoms with van der Waals surface area (Å²) in [5.74, 6) is 0.901. The van der Waals surface area contributed by atoms with E-state index in [-0.39, 0.29) is 5.91 Å². The molecule has 104 valence electrons. The van der Waals surface area contributed by atoms with E-state index in [1.54, 1.807) is 0 Å². The number of carbonyl (C=O) groups is 1. The van der Waals surface area contributed by atoms with Gasteiger partial charge in [0.15, 0.2) is 0 Å². The van der Waals surface area contributed by atoms with Crippen LogP contribution in [0.1, 0.15) is 47.9 Å². The number of fused-ring (bicyclic) bond motifs is 1. The van der Waals surface area contributed by atoms with E-state index in [1.807, 2.05) is 18.2 Å². The van der Waals surface area contributed by atoms with Gasteiger partial charge in [0, 0.05) is 12.1 Å².